The van der Waals surface area contributed by atoms with E-state index in [4.69, 9.17) is 0 Å². The molecule has 0 spiro atoms. The SMILES string of the molecule is CC1(C)c2[nH]c3ccccc3c2C[C@H]2C(=O)N(Cc3ccccc3)CC(=O)N21. The molecule has 2 aliphatic rings. The van der Waals surface area contributed by atoms with E-state index in [2.05, 4.69) is 11.1 Å². The highest BCUT2D eigenvalue weighted by molar-refractivity contribution is 5.97. The van der Waals surface area contributed by atoms with Crippen LogP contribution < -0.4 is 0 Å². The third kappa shape index (κ3) is 2.39. The molecule has 0 unspecified atom stereocenters. The number of nitrogens with zero attached hydrogens (tertiary/aromatic N) is 2. The molecule has 3 heterocycles. The van der Waals surface area contributed by atoms with Crippen molar-refractivity contribution in [1.82, 2.24) is 14.8 Å². The summed E-state index contributed by atoms with van der Waals surface area (Å²) in [5, 5.41) is 1.14. The van der Waals surface area contributed by atoms with Gasteiger partial charge in [-0.05, 0) is 31.0 Å². The second kappa shape index (κ2) is 5.96. The van der Waals surface area contributed by atoms with Crippen molar-refractivity contribution >= 4 is 22.7 Å². The van der Waals surface area contributed by atoms with Gasteiger partial charge in [-0.1, -0.05) is 48.5 Å². The lowest BCUT2D eigenvalue weighted by Gasteiger charge is -2.51. The maximum absolute atomic E-state index is 13.4. The van der Waals surface area contributed by atoms with Crippen LogP contribution in [-0.4, -0.2) is 39.2 Å². The average Bonchev–Trinajstić information content (AvgIpc) is 3.06. The number of benzene rings is 2. The Balaban J connectivity index is 1.56. The van der Waals surface area contributed by atoms with Crippen LogP contribution >= 0.6 is 0 Å². The Morgan fingerprint density at radius 2 is 1.75 bits per heavy atom. The van der Waals surface area contributed by atoms with Crippen LogP contribution in [0, 0.1) is 0 Å². The number of aromatic amines is 1. The van der Waals surface area contributed by atoms with Crippen LogP contribution in [0.2, 0.25) is 0 Å². The van der Waals surface area contributed by atoms with Gasteiger partial charge in [0.15, 0.2) is 0 Å². The molecule has 28 heavy (non-hydrogen) atoms. The van der Waals surface area contributed by atoms with Crippen LogP contribution in [0.5, 0.6) is 0 Å². The summed E-state index contributed by atoms with van der Waals surface area (Å²) in [6, 6.07) is 17.6. The monoisotopic (exact) mass is 373 g/mol. The highest BCUT2D eigenvalue weighted by atomic mass is 16.2. The first-order valence-electron chi connectivity index (χ1n) is 9.72. The molecule has 5 heteroatoms. The average molecular weight is 373 g/mol. The predicted molar refractivity (Wildman–Crippen MR) is 108 cm³/mol. The van der Waals surface area contributed by atoms with Crippen LogP contribution in [0.15, 0.2) is 54.6 Å². The van der Waals surface area contributed by atoms with Gasteiger partial charge < -0.3 is 14.8 Å². The van der Waals surface area contributed by atoms with Crippen LogP contribution in [0.25, 0.3) is 10.9 Å². The number of rotatable bonds is 2. The van der Waals surface area contributed by atoms with E-state index in [0.717, 1.165) is 27.7 Å². The molecule has 3 aromatic rings. The third-order valence-electron chi connectivity index (χ3n) is 6.14. The number of para-hydroxylation sites is 1. The first-order valence-corrected chi connectivity index (χ1v) is 9.72. The van der Waals surface area contributed by atoms with Crippen molar-refractivity contribution in [2.45, 2.75) is 38.4 Å². The van der Waals surface area contributed by atoms with Crippen molar-refractivity contribution in [3.63, 3.8) is 0 Å². The Morgan fingerprint density at radius 1 is 1.04 bits per heavy atom. The van der Waals surface area contributed by atoms with Crippen LogP contribution in [0.3, 0.4) is 0 Å². The Labute approximate surface area is 163 Å². The van der Waals surface area contributed by atoms with Gasteiger partial charge in [0.05, 0.1) is 5.54 Å². The Hall–Kier alpha value is -3.08. The summed E-state index contributed by atoms with van der Waals surface area (Å²) < 4.78 is 0. The van der Waals surface area contributed by atoms with Crippen molar-refractivity contribution < 1.29 is 9.59 Å². The number of hydrogen-bond acceptors (Lipinski definition) is 2. The highest BCUT2D eigenvalue weighted by Crippen LogP contribution is 2.42. The topological polar surface area (TPSA) is 56.4 Å². The number of nitrogens with one attached hydrogen (secondary N) is 1. The summed E-state index contributed by atoms with van der Waals surface area (Å²) >= 11 is 0. The lowest BCUT2D eigenvalue weighted by atomic mass is 9.82. The Bertz CT molecular complexity index is 1080. The fourth-order valence-electron chi connectivity index (χ4n) is 4.88. The molecule has 1 saturated heterocycles. The lowest BCUT2D eigenvalue weighted by molar-refractivity contribution is -0.164. The number of aromatic nitrogens is 1. The van der Waals surface area contributed by atoms with Gasteiger partial charge in [0, 0.05) is 29.6 Å². The van der Waals surface area contributed by atoms with E-state index in [-0.39, 0.29) is 18.4 Å². The summed E-state index contributed by atoms with van der Waals surface area (Å²) in [5.41, 5.74) is 3.75. The number of carbonyl (C=O) groups excluding carboxylic acids is 2. The van der Waals surface area contributed by atoms with Gasteiger partial charge in [0.25, 0.3) is 0 Å². The van der Waals surface area contributed by atoms with Gasteiger partial charge in [-0.3, -0.25) is 9.59 Å². The second-order valence-corrected chi connectivity index (χ2v) is 8.25. The summed E-state index contributed by atoms with van der Waals surface area (Å²) in [7, 11) is 0. The van der Waals surface area contributed by atoms with Gasteiger partial charge in [-0.2, -0.15) is 0 Å². The normalized spacial score (nSPS) is 21.0. The molecule has 0 aliphatic carbocycles. The quantitative estimate of drug-likeness (QED) is 0.750. The van der Waals surface area contributed by atoms with Gasteiger partial charge in [0.1, 0.15) is 12.6 Å². The minimum absolute atomic E-state index is 0.00911. The van der Waals surface area contributed by atoms with E-state index in [1.54, 1.807) is 9.80 Å². The van der Waals surface area contributed by atoms with Crippen molar-refractivity contribution in [2.24, 2.45) is 0 Å². The summed E-state index contributed by atoms with van der Waals surface area (Å²) in [4.78, 5) is 33.5. The molecule has 2 amide bonds. The number of amides is 2. The van der Waals surface area contributed by atoms with E-state index in [0.29, 0.717) is 13.0 Å². The number of carbonyl (C=O) groups is 2. The third-order valence-corrected chi connectivity index (χ3v) is 6.14. The zero-order valence-corrected chi connectivity index (χ0v) is 16.1. The molecule has 5 rings (SSSR count). The molecular formula is C23H23N3O2. The maximum Gasteiger partial charge on any atom is 0.246 e. The molecular weight excluding hydrogens is 350 g/mol. The minimum atomic E-state index is -0.553. The molecule has 0 bridgehead atoms. The zero-order valence-electron chi connectivity index (χ0n) is 16.1. The van der Waals surface area contributed by atoms with Crippen LogP contribution in [0.4, 0.5) is 0 Å². The van der Waals surface area contributed by atoms with E-state index in [1.807, 2.05) is 62.4 Å². The molecule has 0 saturated carbocycles. The molecule has 1 aromatic heterocycles. The second-order valence-electron chi connectivity index (χ2n) is 8.25. The number of fused-ring (bicyclic) bond motifs is 4. The molecule has 2 aliphatic heterocycles. The lowest BCUT2D eigenvalue weighted by Crippen LogP contribution is -2.66. The van der Waals surface area contributed by atoms with Crippen molar-refractivity contribution in [3.8, 4) is 0 Å². The van der Waals surface area contributed by atoms with Crippen molar-refractivity contribution in [3.05, 3.63) is 71.4 Å². The molecule has 0 radical (unpaired) electrons. The van der Waals surface area contributed by atoms with Gasteiger partial charge in [-0.15, -0.1) is 0 Å². The standard InChI is InChI=1S/C23H23N3O2/c1-23(2)21-17(16-10-6-7-11-18(16)24-21)12-19-22(28)25(14-20(27)26(19)23)13-15-8-4-3-5-9-15/h3-11,19,24H,12-14H2,1-2H3/t19-/m0/s1. The van der Waals surface area contributed by atoms with Crippen LogP contribution in [-0.2, 0) is 28.1 Å². The van der Waals surface area contributed by atoms with E-state index in [9.17, 15) is 9.59 Å². The summed E-state index contributed by atoms with van der Waals surface area (Å²) in [5.74, 6) is 0.0438. The molecule has 1 fully saturated rings. The minimum Gasteiger partial charge on any atom is -0.356 e. The summed E-state index contributed by atoms with van der Waals surface area (Å²) in [6.45, 7) is 4.66. The van der Waals surface area contributed by atoms with E-state index < -0.39 is 11.6 Å². The fraction of sp³-hybridized carbons (Fsp3) is 0.304. The predicted octanol–water partition coefficient (Wildman–Crippen LogP) is 3.20. The van der Waals surface area contributed by atoms with E-state index >= 15 is 0 Å². The molecule has 2 aromatic carbocycles. The van der Waals surface area contributed by atoms with Gasteiger partial charge >= 0.3 is 0 Å². The van der Waals surface area contributed by atoms with Crippen molar-refractivity contribution in [1.29, 1.82) is 0 Å². The Morgan fingerprint density at radius 3 is 2.54 bits per heavy atom. The maximum atomic E-state index is 13.4. The largest absolute Gasteiger partial charge is 0.356 e. The Kier molecular flexibility index (Phi) is 3.63. The zero-order chi connectivity index (χ0) is 19.5. The fourth-order valence-corrected chi connectivity index (χ4v) is 4.88. The number of H-pyrrole nitrogens is 1. The van der Waals surface area contributed by atoms with Gasteiger partial charge in [-0.25, -0.2) is 0 Å². The molecule has 1 atom stereocenters. The smallest absolute Gasteiger partial charge is 0.246 e. The number of hydrogen-bond donors (Lipinski definition) is 1. The van der Waals surface area contributed by atoms with Crippen molar-refractivity contribution in [2.75, 3.05) is 6.54 Å². The first-order chi connectivity index (χ1) is 13.5. The van der Waals surface area contributed by atoms with Crippen LogP contribution in [0.1, 0.15) is 30.7 Å². The highest BCUT2D eigenvalue weighted by Gasteiger charge is 2.51. The van der Waals surface area contributed by atoms with E-state index in [1.165, 1.54) is 0 Å². The molecule has 1 N–H and O–H groups in total. The number of piperazine rings is 1. The molecule has 5 nitrogen and oxygen atoms in total. The first kappa shape index (κ1) is 17.0. The molecule has 142 valence electrons. The summed E-state index contributed by atoms with van der Waals surface area (Å²) in [6.07, 6.45) is 0.554. The van der Waals surface area contributed by atoms with Gasteiger partial charge in [0.2, 0.25) is 11.8 Å².